The summed E-state index contributed by atoms with van der Waals surface area (Å²) in [6.45, 7) is 2.01. The van der Waals surface area contributed by atoms with E-state index in [1.807, 2.05) is 0 Å². The van der Waals surface area contributed by atoms with Crippen LogP contribution in [0.5, 0.6) is 5.75 Å². The molecule has 0 radical (unpaired) electrons. The van der Waals surface area contributed by atoms with Gasteiger partial charge in [0.1, 0.15) is 128 Å². The Hall–Kier alpha value is -4.73. The van der Waals surface area contributed by atoms with E-state index in [1.54, 1.807) is 12.1 Å². The maximum atomic E-state index is 13.9. The standard InChI is InChI=1S/C56H89N5O27/c1-6-7-8-9-10-11-12-13-14-18-79-30-17-15-16-29(19-30)51(77)61-37-42(72)41(71)31(20-62)81-53(37)86-48-33(22-64)83-55(39(44(48)74)59-27(4)69)88-50-35(24-66)84-56(40(46(50)76)60-28(5)70)87-49-34(23-65)82-54(38(45(49)75)58-26(3)68)85-47-32(21-63)80-52(78)36(43(47)73)57-25(2)67/h11-12,15-17,19,31-50,52-56,62-66,71-76,78H,6-10,13-14,18,20-24H2,1-5H3,(H,57,67)(H,58,68)(H,59,69)(H,60,70)(H,61,77)/b12-11-/t31?,32?,33-,34-,35?,36-,37?,38?,39?,40-,41+,42+,43+,44?,45?,46+,47?,48+,49+,50?,52?,53-,54?,55-,56-/m0/s1. The largest absolute Gasteiger partial charge is 0.494 e. The van der Waals surface area contributed by atoms with Crippen molar-refractivity contribution in [2.24, 2.45) is 0 Å². The normalized spacial score (nSPS) is 37.8. The molecule has 12 unspecified atom stereocenters. The van der Waals surface area contributed by atoms with E-state index in [1.165, 1.54) is 25.0 Å². The van der Waals surface area contributed by atoms with Crippen LogP contribution in [-0.4, -0.2) is 284 Å². The molecule has 32 heteroatoms. The second-order valence-electron chi connectivity index (χ2n) is 22.2. The van der Waals surface area contributed by atoms with Gasteiger partial charge in [-0.2, -0.15) is 0 Å². The van der Waals surface area contributed by atoms with Crippen LogP contribution < -0.4 is 31.3 Å². The van der Waals surface area contributed by atoms with E-state index in [2.05, 4.69) is 45.7 Å². The van der Waals surface area contributed by atoms with Crippen LogP contribution in [0.3, 0.4) is 0 Å². The summed E-state index contributed by atoms with van der Waals surface area (Å²) in [5, 5.41) is 145. The first-order valence-electron chi connectivity index (χ1n) is 29.5. The average molecular weight is 1260 g/mol. The van der Waals surface area contributed by atoms with Crippen LogP contribution in [0.25, 0.3) is 0 Å². The SMILES string of the molecule is CCCCCC/C=C\CCCOc1cccc(C(=O)NC2[C@H](O[C@H]3C(O)C(NC(C)=O)[C@H](OC4C(CO)O[C@@H](O[C@H]5C(O)C(NC(C)=O)C(OC6C(CO)OC(O)[C@@H](NC(C)=O)[C@H]6O)O[C@H]5CO)[C@@H](NC(C)=O)[C@H]4O)O[C@H]3CO)OC(CO)[C@@H](O)[C@@H]2O)c1. The molecule has 1 aromatic carbocycles. The van der Waals surface area contributed by atoms with Crippen molar-refractivity contribution in [1.82, 2.24) is 26.6 Å². The Morgan fingerprint density at radius 3 is 1.24 bits per heavy atom. The number of carbonyl (C=O) groups excluding carboxylic acids is 5. The van der Waals surface area contributed by atoms with Crippen molar-refractivity contribution in [3.8, 4) is 5.75 Å². The van der Waals surface area contributed by atoms with Crippen molar-refractivity contribution < 1.29 is 133 Å². The van der Waals surface area contributed by atoms with Gasteiger partial charge in [0, 0.05) is 33.3 Å². The average Bonchev–Trinajstić information content (AvgIpc) is 1.44. The van der Waals surface area contributed by atoms with Gasteiger partial charge < -0.3 is 135 Å². The molecule has 5 aliphatic rings. The van der Waals surface area contributed by atoms with Gasteiger partial charge in [-0.1, -0.05) is 44.4 Å². The number of carbonyl (C=O) groups is 5. The zero-order valence-electron chi connectivity index (χ0n) is 49.6. The maximum absolute atomic E-state index is 13.9. The van der Waals surface area contributed by atoms with Crippen molar-refractivity contribution >= 4 is 29.5 Å². The number of ether oxygens (including phenoxy) is 10. The van der Waals surface area contributed by atoms with Crippen molar-refractivity contribution in [3.63, 3.8) is 0 Å². The highest BCUT2D eigenvalue weighted by Crippen LogP contribution is 2.36. The summed E-state index contributed by atoms with van der Waals surface area (Å²) in [5.74, 6) is -3.54. The predicted molar refractivity (Wildman–Crippen MR) is 297 cm³/mol. The van der Waals surface area contributed by atoms with E-state index >= 15 is 0 Å². The molecule has 0 saturated carbocycles. The quantitative estimate of drug-likeness (QED) is 0.0262. The fourth-order valence-corrected chi connectivity index (χ4v) is 11.1. The van der Waals surface area contributed by atoms with Crippen molar-refractivity contribution in [2.45, 2.75) is 233 Å². The molecule has 0 bridgehead atoms. The number of amides is 5. The van der Waals surface area contributed by atoms with E-state index in [4.69, 9.17) is 47.4 Å². The molecule has 17 N–H and O–H groups in total. The summed E-state index contributed by atoms with van der Waals surface area (Å²) in [6, 6.07) is -2.18. The summed E-state index contributed by atoms with van der Waals surface area (Å²) in [7, 11) is 0. The monoisotopic (exact) mass is 1260 g/mol. The highest BCUT2D eigenvalue weighted by Gasteiger charge is 2.58. The fourth-order valence-electron chi connectivity index (χ4n) is 11.1. The minimum absolute atomic E-state index is 0.0576. The smallest absolute Gasteiger partial charge is 0.251 e. The minimum Gasteiger partial charge on any atom is -0.494 e. The van der Waals surface area contributed by atoms with Crippen LogP contribution in [0, 0.1) is 0 Å². The summed E-state index contributed by atoms with van der Waals surface area (Å²) in [5.41, 5.74) is 0.0576. The number of benzene rings is 1. The molecule has 25 atom stereocenters. The lowest BCUT2D eigenvalue weighted by Gasteiger charge is -2.51. The molecule has 5 heterocycles. The summed E-state index contributed by atoms with van der Waals surface area (Å²) < 4.78 is 59.8. The van der Waals surface area contributed by atoms with Gasteiger partial charge in [0.2, 0.25) is 23.6 Å². The van der Waals surface area contributed by atoms with Gasteiger partial charge in [-0.3, -0.25) is 24.0 Å². The Labute approximate surface area is 507 Å². The van der Waals surface area contributed by atoms with Crippen LogP contribution in [0.4, 0.5) is 0 Å². The molecule has 0 spiro atoms. The molecule has 6 rings (SSSR count). The van der Waals surface area contributed by atoms with Crippen LogP contribution >= 0.6 is 0 Å². The number of aliphatic hydroxyl groups is 12. The highest BCUT2D eigenvalue weighted by molar-refractivity contribution is 5.94. The predicted octanol–water partition coefficient (Wildman–Crippen LogP) is -6.23. The Morgan fingerprint density at radius 1 is 0.455 bits per heavy atom. The second-order valence-corrected chi connectivity index (χ2v) is 22.2. The van der Waals surface area contributed by atoms with E-state index in [9.17, 15) is 85.3 Å². The fraction of sp³-hybridized carbons (Fsp3) is 0.768. The first-order chi connectivity index (χ1) is 42.0. The van der Waals surface area contributed by atoms with Gasteiger partial charge in [0.25, 0.3) is 5.91 Å². The van der Waals surface area contributed by atoms with Gasteiger partial charge in [-0.05, 0) is 43.9 Å². The lowest BCUT2D eigenvalue weighted by molar-refractivity contribution is -0.367. The number of hydrogen-bond acceptors (Lipinski definition) is 27. The number of hydrogen-bond donors (Lipinski definition) is 17. The third-order valence-corrected chi connectivity index (χ3v) is 15.5. The molecule has 0 aliphatic carbocycles. The number of unbranched alkanes of at least 4 members (excludes halogenated alkanes) is 5. The van der Waals surface area contributed by atoms with Crippen LogP contribution in [0.1, 0.15) is 89.9 Å². The molecule has 32 nitrogen and oxygen atoms in total. The maximum Gasteiger partial charge on any atom is 0.251 e. The van der Waals surface area contributed by atoms with Gasteiger partial charge in [0.05, 0.1) is 39.6 Å². The number of nitrogens with one attached hydrogen (secondary N) is 5. The van der Waals surface area contributed by atoms with E-state index in [-0.39, 0.29) is 5.56 Å². The molecule has 500 valence electrons. The third-order valence-electron chi connectivity index (χ3n) is 15.5. The second kappa shape index (κ2) is 34.6. The number of aliphatic hydroxyl groups excluding tert-OH is 12. The lowest BCUT2D eigenvalue weighted by Crippen LogP contribution is -2.72. The Balaban J connectivity index is 1.18. The summed E-state index contributed by atoms with van der Waals surface area (Å²) >= 11 is 0. The molecular formula is C56H89N5O27. The first kappa shape index (κ1) is 72.3. The molecule has 5 saturated heterocycles. The molecule has 0 aromatic heterocycles. The molecule has 1 aromatic rings. The molecule has 5 fully saturated rings. The van der Waals surface area contributed by atoms with Gasteiger partial charge in [-0.25, -0.2) is 0 Å². The Kier molecular flexibility index (Phi) is 28.5. The molecule has 5 aliphatic heterocycles. The van der Waals surface area contributed by atoms with Crippen LogP contribution in [-0.2, 0) is 61.8 Å². The van der Waals surface area contributed by atoms with Gasteiger partial charge in [0.15, 0.2) is 31.5 Å². The van der Waals surface area contributed by atoms with E-state index in [0.717, 1.165) is 53.4 Å². The summed E-state index contributed by atoms with van der Waals surface area (Å²) in [6.07, 6.45) is -24.4. The minimum atomic E-state index is -2.03. The molecule has 5 amide bonds. The van der Waals surface area contributed by atoms with Crippen molar-refractivity contribution in [2.75, 3.05) is 39.6 Å². The Bertz CT molecular complexity index is 2400. The zero-order chi connectivity index (χ0) is 64.5. The topological polar surface area (TPSA) is 481 Å². The van der Waals surface area contributed by atoms with Crippen LogP contribution in [0.15, 0.2) is 36.4 Å². The number of allylic oxidation sites excluding steroid dienone is 2. The van der Waals surface area contributed by atoms with Crippen molar-refractivity contribution in [1.29, 1.82) is 0 Å². The first-order valence-corrected chi connectivity index (χ1v) is 29.5. The molecule has 88 heavy (non-hydrogen) atoms. The molecular weight excluding hydrogens is 1170 g/mol. The zero-order valence-corrected chi connectivity index (χ0v) is 49.6. The van der Waals surface area contributed by atoms with Crippen LogP contribution in [0.2, 0.25) is 0 Å². The van der Waals surface area contributed by atoms with E-state index in [0.29, 0.717) is 18.8 Å². The Morgan fingerprint density at radius 2 is 0.830 bits per heavy atom. The van der Waals surface area contributed by atoms with E-state index < -0.39 is 216 Å². The highest BCUT2D eigenvalue weighted by atomic mass is 16.8. The lowest BCUT2D eigenvalue weighted by atomic mass is 9.93. The number of rotatable bonds is 29. The third kappa shape index (κ3) is 18.7. The van der Waals surface area contributed by atoms with Gasteiger partial charge in [-0.15, -0.1) is 0 Å². The van der Waals surface area contributed by atoms with Gasteiger partial charge >= 0.3 is 0 Å². The summed E-state index contributed by atoms with van der Waals surface area (Å²) in [4.78, 5) is 64.1. The van der Waals surface area contributed by atoms with Crippen molar-refractivity contribution in [3.05, 3.63) is 42.0 Å².